The van der Waals surface area contributed by atoms with E-state index in [4.69, 9.17) is 0 Å². The zero-order valence-corrected chi connectivity index (χ0v) is 7.55. The highest BCUT2D eigenvalue weighted by molar-refractivity contribution is 5.49. The Morgan fingerprint density at radius 1 is 1.58 bits per heavy atom. The normalized spacial score (nSPS) is 26.6. The van der Waals surface area contributed by atoms with E-state index in [1.54, 1.807) is 0 Å². The quantitative estimate of drug-likeness (QED) is 0.609. The second-order valence-electron chi connectivity index (χ2n) is 4.48. The molecule has 0 unspecified atom stereocenters. The third-order valence-corrected chi connectivity index (χ3v) is 2.71. The lowest BCUT2D eigenvalue weighted by Gasteiger charge is -2.46. The first kappa shape index (κ1) is 8.05. The Hall–Kier alpha value is -0.570. The molecule has 2 rings (SSSR count). The number of rotatable bonds is 4. The number of hydrogen-bond acceptors (Lipinski definition) is 2. The Morgan fingerprint density at radius 3 is 2.75 bits per heavy atom. The summed E-state index contributed by atoms with van der Waals surface area (Å²) in [5, 5.41) is 3.50. The summed E-state index contributed by atoms with van der Waals surface area (Å²) in [4.78, 5) is 12.2. The summed E-state index contributed by atoms with van der Waals surface area (Å²) in [6.07, 6.45) is 3.62. The van der Waals surface area contributed by atoms with Crippen molar-refractivity contribution in [3.63, 3.8) is 0 Å². The molecule has 1 saturated heterocycles. The maximum Gasteiger partial charge on any atom is 0.209 e. The second-order valence-corrected chi connectivity index (χ2v) is 4.48. The first-order chi connectivity index (χ1) is 5.72. The van der Waals surface area contributed by atoms with Gasteiger partial charge in [0.15, 0.2) is 0 Å². The number of amides is 1. The molecule has 0 radical (unpaired) electrons. The van der Waals surface area contributed by atoms with Gasteiger partial charge in [-0.1, -0.05) is 6.92 Å². The number of nitrogens with zero attached hydrogens (tertiary/aromatic N) is 1. The fourth-order valence-corrected chi connectivity index (χ4v) is 1.80. The average molecular weight is 168 g/mol. The molecule has 0 aromatic carbocycles. The van der Waals surface area contributed by atoms with Crippen LogP contribution < -0.4 is 5.32 Å². The molecule has 3 nitrogen and oxygen atoms in total. The van der Waals surface area contributed by atoms with E-state index in [-0.39, 0.29) is 0 Å². The van der Waals surface area contributed by atoms with Gasteiger partial charge in [0.25, 0.3) is 0 Å². The summed E-state index contributed by atoms with van der Waals surface area (Å²) < 4.78 is 0. The van der Waals surface area contributed by atoms with Crippen molar-refractivity contribution in [3.8, 4) is 0 Å². The molecule has 0 bridgehead atoms. The number of carbonyl (C=O) groups is 1. The van der Waals surface area contributed by atoms with Gasteiger partial charge in [-0.15, -0.1) is 0 Å². The van der Waals surface area contributed by atoms with Crippen LogP contribution in [-0.4, -0.2) is 37.0 Å². The van der Waals surface area contributed by atoms with Gasteiger partial charge in [-0.3, -0.25) is 4.79 Å². The molecular weight excluding hydrogens is 152 g/mol. The molecule has 0 aromatic rings. The molecule has 1 amide bonds. The van der Waals surface area contributed by atoms with Gasteiger partial charge in [-0.2, -0.15) is 0 Å². The lowest BCUT2D eigenvalue weighted by Crippen LogP contribution is -2.58. The van der Waals surface area contributed by atoms with Crippen LogP contribution in [0.25, 0.3) is 0 Å². The van der Waals surface area contributed by atoms with Gasteiger partial charge in [0, 0.05) is 31.1 Å². The minimum absolute atomic E-state index is 0.351. The second kappa shape index (κ2) is 2.73. The van der Waals surface area contributed by atoms with Crippen molar-refractivity contribution in [1.82, 2.24) is 10.2 Å². The fourth-order valence-electron chi connectivity index (χ4n) is 1.80. The molecule has 0 aromatic heterocycles. The Labute approximate surface area is 73.1 Å². The number of hydrogen-bond donors (Lipinski definition) is 1. The highest BCUT2D eigenvalue weighted by Crippen LogP contribution is 2.29. The van der Waals surface area contributed by atoms with Crippen LogP contribution in [0, 0.1) is 5.41 Å². The van der Waals surface area contributed by atoms with Gasteiger partial charge in [0.05, 0.1) is 0 Å². The maximum absolute atomic E-state index is 10.3. The molecule has 0 spiro atoms. The topological polar surface area (TPSA) is 32.3 Å². The SMILES string of the molecule is CC1(CNC2CC2)CN(C=O)C1. The largest absolute Gasteiger partial charge is 0.344 e. The Morgan fingerprint density at radius 2 is 2.25 bits per heavy atom. The van der Waals surface area contributed by atoms with Crippen LogP contribution >= 0.6 is 0 Å². The lowest BCUT2D eigenvalue weighted by molar-refractivity contribution is -0.128. The number of nitrogens with one attached hydrogen (secondary N) is 1. The van der Waals surface area contributed by atoms with Crippen LogP contribution in [0.5, 0.6) is 0 Å². The molecule has 12 heavy (non-hydrogen) atoms. The molecule has 0 atom stereocenters. The maximum atomic E-state index is 10.3. The minimum Gasteiger partial charge on any atom is -0.344 e. The predicted octanol–water partition coefficient (Wildman–Crippen LogP) is 0.217. The molecule has 1 aliphatic carbocycles. The van der Waals surface area contributed by atoms with E-state index < -0.39 is 0 Å². The van der Waals surface area contributed by atoms with Crippen LogP contribution in [0.3, 0.4) is 0 Å². The molecule has 1 saturated carbocycles. The molecule has 2 aliphatic rings. The molecule has 68 valence electrons. The molecule has 2 fully saturated rings. The summed E-state index contributed by atoms with van der Waals surface area (Å²) in [5.41, 5.74) is 0.351. The van der Waals surface area contributed by atoms with Crippen molar-refractivity contribution in [3.05, 3.63) is 0 Å². The minimum atomic E-state index is 0.351. The van der Waals surface area contributed by atoms with Gasteiger partial charge in [0.2, 0.25) is 6.41 Å². The zero-order chi connectivity index (χ0) is 8.60. The summed E-state index contributed by atoms with van der Waals surface area (Å²) in [6, 6.07) is 0.784. The van der Waals surface area contributed by atoms with E-state index in [1.807, 2.05) is 4.90 Å². The van der Waals surface area contributed by atoms with Crippen LogP contribution in [0.2, 0.25) is 0 Å². The Bertz CT molecular complexity index is 183. The first-order valence-electron chi connectivity index (χ1n) is 4.65. The van der Waals surface area contributed by atoms with E-state index in [2.05, 4.69) is 12.2 Å². The molecule has 1 N–H and O–H groups in total. The van der Waals surface area contributed by atoms with Gasteiger partial charge in [-0.25, -0.2) is 0 Å². The summed E-state index contributed by atoms with van der Waals surface area (Å²) in [5.74, 6) is 0. The number of likely N-dealkylation sites (tertiary alicyclic amines) is 1. The van der Waals surface area contributed by atoms with Crippen LogP contribution in [0.15, 0.2) is 0 Å². The van der Waals surface area contributed by atoms with Gasteiger partial charge in [0.1, 0.15) is 0 Å². The highest BCUT2D eigenvalue weighted by Gasteiger charge is 2.38. The average Bonchev–Trinajstić information content (AvgIpc) is 2.78. The van der Waals surface area contributed by atoms with E-state index >= 15 is 0 Å². The molecule has 3 heteroatoms. The summed E-state index contributed by atoms with van der Waals surface area (Å²) >= 11 is 0. The van der Waals surface area contributed by atoms with Crippen molar-refractivity contribution in [1.29, 1.82) is 0 Å². The van der Waals surface area contributed by atoms with E-state index in [0.29, 0.717) is 5.41 Å². The first-order valence-corrected chi connectivity index (χ1v) is 4.65. The fraction of sp³-hybridized carbons (Fsp3) is 0.889. The van der Waals surface area contributed by atoms with E-state index in [9.17, 15) is 4.79 Å². The van der Waals surface area contributed by atoms with Crippen molar-refractivity contribution in [2.45, 2.75) is 25.8 Å². The third-order valence-electron chi connectivity index (χ3n) is 2.71. The van der Waals surface area contributed by atoms with Gasteiger partial charge in [-0.05, 0) is 12.8 Å². The molecular formula is C9H16N2O. The Balaban J connectivity index is 1.69. The van der Waals surface area contributed by atoms with E-state index in [0.717, 1.165) is 32.1 Å². The highest BCUT2D eigenvalue weighted by atomic mass is 16.1. The van der Waals surface area contributed by atoms with Crippen molar-refractivity contribution in [2.24, 2.45) is 5.41 Å². The summed E-state index contributed by atoms with van der Waals surface area (Å²) in [6.45, 7) is 5.16. The molecule has 1 heterocycles. The zero-order valence-electron chi connectivity index (χ0n) is 7.55. The summed E-state index contributed by atoms with van der Waals surface area (Å²) in [7, 11) is 0. The van der Waals surface area contributed by atoms with Gasteiger partial charge >= 0.3 is 0 Å². The van der Waals surface area contributed by atoms with Crippen LogP contribution in [-0.2, 0) is 4.79 Å². The predicted molar refractivity (Wildman–Crippen MR) is 46.8 cm³/mol. The lowest BCUT2D eigenvalue weighted by atomic mass is 9.82. The Kier molecular flexibility index (Phi) is 1.83. The van der Waals surface area contributed by atoms with Crippen molar-refractivity contribution >= 4 is 6.41 Å². The van der Waals surface area contributed by atoms with Crippen molar-refractivity contribution < 1.29 is 4.79 Å². The van der Waals surface area contributed by atoms with E-state index in [1.165, 1.54) is 12.8 Å². The van der Waals surface area contributed by atoms with Crippen LogP contribution in [0.1, 0.15) is 19.8 Å². The van der Waals surface area contributed by atoms with Gasteiger partial charge < -0.3 is 10.2 Å². The number of carbonyl (C=O) groups excluding carboxylic acids is 1. The third kappa shape index (κ3) is 1.61. The van der Waals surface area contributed by atoms with Crippen molar-refractivity contribution in [2.75, 3.05) is 19.6 Å². The van der Waals surface area contributed by atoms with Crippen LogP contribution in [0.4, 0.5) is 0 Å². The molecule has 1 aliphatic heterocycles. The standard InChI is InChI=1S/C9H16N2O/c1-9(4-10-8-2-3-8)5-11(6-9)7-12/h7-8,10H,2-6H2,1H3. The smallest absolute Gasteiger partial charge is 0.209 e. The monoisotopic (exact) mass is 168 g/mol.